The number of H-pyrrole nitrogens is 1. The van der Waals surface area contributed by atoms with Gasteiger partial charge in [0, 0.05) is 34.4 Å². The summed E-state index contributed by atoms with van der Waals surface area (Å²) in [5.41, 5.74) is 5.84. The number of pyridine rings is 1. The molecule has 5 aromatic rings. The molecule has 1 aromatic carbocycles. The number of aromatic amines is 1. The van der Waals surface area contributed by atoms with Gasteiger partial charge < -0.3 is 15.0 Å². The van der Waals surface area contributed by atoms with Crippen molar-refractivity contribution in [1.29, 1.82) is 0 Å². The molecule has 0 saturated carbocycles. The van der Waals surface area contributed by atoms with Crippen molar-refractivity contribution < 1.29 is 9.13 Å². The zero-order chi connectivity index (χ0) is 24.1. The minimum absolute atomic E-state index is 0.149. The van der Waals surface area contributed by atoms with E-state index in [9.17, 15) is 4.39 Å². The van der Waals surface area contributed by atoms with Crippen molar-refractivity contribution in [3.63, 3.8) is 0 Å². The lowest BCUT2D eigenvalue weighted by Crippen LogP contribution is -2.29. The van der Waals surface area contributed by atoms with Crippen LogP contribution in [-0.2, 0) is 12.8 Å². The first-order chi connectivity index (χ1) is 17.0. The zero-order valence-electron chi connectivity index (χ0n) is 19.8. The predicted octanol–water partition coefficient (Wildman–Crippen LogP) is 4.91. The zero-order valence-corrected chi connectivity index (χ0v) is 19.8. The fourth-order valence-corrected chi connectivity index (χ4v) is 4.95. The summed E-state index contributed by atoms with van der Waals surface area (Å²) in [5.74, 6) is 1.67. The van der Waals surface area contributed by atoms with Gasteiger partial charge in [0.15, 0.2) is 11.5 Å². The van der Waals surface area contributed by atoms with Crippen LogP contribution in [-0.4, -0.2) is 42.7 Å². The molecule has 0 spiro atoms. The van der Waals surface area contributed by atoms with Crippen molar-refractivity contribution >= 4 is 22.5 Å². The smallest absolute Gasteiger partial charge is 0.228 e. The van der Waals surface area contributed by atoms with Gasteiger partial charge in [0.2, 0.25) is 5.95 Å². The highest BCUT2D eigenvalue weighted by Gasteiger charge is 2.25. The Morgan fingerprint density at radius 1 is 1.20 bits per heavy atom. The number of hydrogen-bond acceptors (Lipinski definition) is 6. The van der Waals surface area contributed by atoms with Crippen LogP contribution in [0.2, 0.25) is 0 Å². The number of halogens is 1. The fraction of sp³-hybridized carbons (Fsp3) is 0.308. The summed E-state index contributed by atoms with van der Waals surface area (Å²) in [4.78, 5) is 17.0. The molecule has 35 heavy (non-hydrogen) atoms. The first-order valence-electron chi connectivity index (χ1n) is 11.8. The molecule has 0 unspecified atom stereocenters. The molecule has 0 radical (unpaired) electrons. The summed E-state index contributed by atoms with van der Waals surface area (Å²) in [6.45, 7) is 4.20. The molecule has 6 rings (SSSR count). The van der Waals surface area contributed by atoms with Gasteiger partial charge in [-0.25, -0.2) is 9.37 Å². The van der Waals surface area contributed by atoms with Crippen molar-refractivity contribution in [3.05, 3.63) is 65.5 Å². The molecule has 1 atom stereocenters. The molecule has 9 heteroatoms. The van der Waals surface area contributed by atoms with E-state index in [2.05, 4.69) is 40.3 Å². The number of methoxy groups -OCH3 is 1. The van der Waals surface area contributed by atoms with E-state index in [0.717, 1.165) is 36.1 Å². The minimum atomic E-state index is -0.423. The van der Waals surface area contributed by atoms with Crippen LogP contribution < -0.4 is 10.1 Å². The Bertz CT molecular complexity index is 1550. The second-order valence-electron chi connectivity index (χ2n) is 9.30. The maximum absolute atomic E-state index is 13.9. The summed E-state index contributed by atoms with van der Waals surface area (Å²) in [6, 6.07) is 7.69. The summed E-state index contributed by atoms with van der Waals surface area (Å²) >= 11 is 0. The molecule has 0 amide bonds. The van der Waals surface area contributed by atoms with E-state index in [-0.39, 0.29) is 12.0 Å². The molecule has 0 fully saturated rings. The molecular formula is C26H26FN7O. The first kappa shape index (κ1) is 21.5. The van der Waals surface area contributed by atoms with Crippen molar-refractivity contribution in [2.24, 2.45) is 0 Å². The Balaban J connectivity index is 1.40. The summed E-state index contributed by atoms with van der Waals surface area (Å²) < 4.78 is 21.2. The third-order valence-electron chi connectivity index (χ3n) is 6.72. The van der Waals surface area contributed by atoms with Gasteiger partial charge in [-0.1, -0.05) is 26.0 Å². The predicted molar refractivity (Wildman–Crippen MR) is 132 cm³/mol. The molecule has 0 bridgehead atoms. The van der Waals surface area contributed by atoms with Gasteiger partial charge in [-0.2, -0.15) is 14.6 Å². The Morgan fingerprint density at radius 2 is 2.09 bits per heavy atom. The molecule has 178 valence electrons. The number of ether oxygens (including phenoxy) is 1. The normalized spacial score (nSPS) is 15.6. The van der Waals surface area contributed by atoms with Crippen LogP contribution in [0.15, 0.2) is 42.9 Å². The second kappa shape index (κ2) is 8.33. The molecule has 0 aliphatic heterocycles. The van der Waals surface area contributed by atoms with E-state index >= 15 is 0 Å². The van der Waals surface area contributed by atoms with Crippen LogP contribution in [0.3, 0.4) is 0 Å². The molecule has 4 heterocycles. The number of aryl methyl sites for hydroxylation is 1. The lowest BCUT2D eigenvalue weighted by Gasteiger charge is -2.24. The van der Waals surface area contributed by atoms with Crippen LogP contribution in [0.25, 0.3) is 27.9 Å². The van der Waals surface area contributed by atoms with Gasteiger partial charge >= 0.3 is 0 Å². The van der Waals surface area contributed by atoms with Crippen molar-refractivity contribution in [2.75, 3.05) is 12.4 Å². The fourth-order valence-electron chi connectivity index (χ4n) is 4.95. The summed E-state index contributed by atoms with van der Waals surface area (Å²) in [5, 5.41) is 9.38. The van der Waals surface area contributed by atoms with E-state index in [1.165, 1.54) is 28.9 Å². The number of hydrogen-bond donors (Lipinski definition) is 2. The maximum Gasteiger partial charge on any atom is 0.228 e. The number of rotatable bonds is 5. The maximum atomic E-state index is 13.9. The average molecular weight is 472 g/mol. The molecule has 2 N–H and O–H groups in total. The Kier molecular flexibility index (Phi) is 5.12. The summed E-state index contributed by atoms with van der Waals surface area (Å²) in [7, 11) is 1.69. The number of nitrogens with one attached hydrogen (secondary N) is 2. The van der Waals surface area contributed by atoms with E-state index in [1.54, 1.807) is 17.8 Å². The van der Waals surface area contributed by atoms with Gasteiger partial charge in [-0.15, -0.1) is 0 Å². The number of aromatic nitrogens is 6. The third kappa shape index (κ3) is 3.67. The lowest BCUT2D eigenvalue weighted by molar-refractivity contribution is 0.419. The minimum Gasteiger partial charge on any atom is -0.495 e. The van der Waals surface area contributed by atoms with E-state index < -0.39 is 5.82 Å². The SMILES string of the molecule is COc1cccc2c3c([nH]c12)CC[C@@H](Nc1nc(-c2cncc(F)c2)nc2c(C(C)C)cnn12)C3. The third-order valence-corrected chi connectivity index (χ3v) is 6.72. The van der Waals surface area contributed by atoms with Gasteiger partial charge in [-0.3, -0.25) is 4.98 Å². The lowest BCUT2D eigenvalue weighted by atomic mass is 9.91. The van der Waals surface area contributed by atoms with E-state index in [4.69, 9.17) is 14.7 Å². The molecular weight excluding hydrogens is 445 g/mol. The van der Waals surface area contributed by atoms with Crippen molar-refractivity contribution in [3.8, 4) is 17.1 Å². The molecule has 1 aliphatic carbocycles. The van der Waals surface area contributed by atoms with E-state index in [0.29, 0.717) is 23.0 Å². The highest BCUT2D eigenvalue weighted by molar-refractivity contribution is 5.90. The quantitative estimate of drug-likeness (QED) is 0.378. The van der Waals surface area contributed by atoms with Crippen LogP contribution in [0, 0.1) is 5.82 Å². The molecule has 4 aromatic heterocycles. The number of fused-ring (bicyclic) bond motifs is 4. The van der Waals surface area contributed by atoms with Crippen LogP contribution in [0.5, 0.6) is 5.75 Å². The standard InChI is InChI=1S/C26H26FN7O/c1-14(2)20-13-29-34-25(20)32-24(15-9-16(27)12-28-11-15)33-26(34)30-17-7-8-21-19(10-17)18-5-4-6-22(35-3)23(18)31-21/h4-6,9,11-14,17,31H,7-8,10H2,1-3H3,(H,30,32,33)/t17-/m1/s1. The van der Waals surface area contributed by atoms with Gasteiger partial charge in [-0.05, 0) is 42.9 Å². The largest absolute Gasteiger partial charge is 0.495 e. The van der Waals surface area contributed by atoms with Crippen molar-refractivity contribution in [2.45, 2.75) is 45.1 Å². The van der Waals surface area contributed by atoms with Crippen LogP contribution >= 0.6 is 0 Å². The Morgan fingerprint density at radius 3 is 2.89 bits per heavy atom. The number of para-hydroxylation sites is 1. The number of nitrogens with zero attached hydrogens (tertiary/aromatic N) is 5. The van der Waals surface area contributed by atoms with Crippen LogP contribution in [0.4, 0.5) is 10.3 Å². The highest BCUT2D eigenvalue weighted by atomic mass is 19.1. The topological polar surface area (TPSA) is 93.0 Å². The van der Waals surface area contributed by atoms with E-state index in [1.807, 2.05) is 18.3 Å². The van der Waals surface area contributed by atoms with Gasteiger partial charge in [0.25, 0.3) is 0 Å². The van der Waals surface area contributed by atoms with Crippen LogP contribution in [0.1, 0.15) is 43.0 Å². The molecule has 8 nitrogen and oxygen atoms in total. The Hall–Kier alpha value is -4.01. The number of benzene rings is 1. The second-order valence-corrected chi connectivity index (χ2v) is 9.30. The van der Waals surface area contributed by atoms with Crippen molar-refractivity contribution in [1.82, 2.24) is 29.5 Å². The molecule has 0 saturated heterocycles. The average Bonchev–Trinajstić information content (AvgIpc) is 3.45. The summed E-state index contributed by atoms with van der Waals surface area (Å²) in [6.07, 6.45) is 7.27. The molecule has 1 aliphatic rings. The number of anilines is 1. The monoisotopic (exact) mass is 471 g/mol. The Labute approximate surface area is 201 Å². The highest BCUT2D eigenvalue weighted by Crippen LogP contribution is 2.34. The first-order valence-corrected chi connectivity index (χ1v) is 11.8. The van der Waals surface area contributed by atoms with Gasteiger partial charge in [0.05, 0.1) is 25.0 Å². The van der Waals surface area contributed by atoms with Gasteiger partial charge in [0.1, 0.15) is 11.6 Å².